The molecule has 35 heavy (non-hydrogen) atoms. The first-order valence-corrected chi connectivity index (χ1v) is 14.0. The first-order valence-electron chi connectivity index (χ1n) is 12.6. The van der Waals surface area contributed by atoms with Crippen molar-refractivity contribution in [3.8, 4) is 0 Å². The predicted molar refractivity (Wildman–Crippen MR) is 138 cm³/mol. The molecule has 2 fully saturated rings. The standard InChI is InChI=1S/C28H33N3O3S/c32-28(29-20-25-9-3-4-10-26(25)21-30-15-5-6-16-30)23-13-17-31(18-14-23)35(33,34)27-12-11-22-7-1-2-8-24(22)19-27/h1-4,7-12,19,23H,5-6,13-18,20-21H2,(H,29,32). The van der Waals surface area contributed by atoms with Crippen molar-refractivity contribution in [2.45, 2.75) is 43.7 Å². The summed E-state index contributed by atoms with van der Waals surface area (Å²) in [4.78, 5) is 15.7. The Labute approximate surface area is 208 Å². The summed E-state index contributed by atoms with van der Waals surface area (Å²) in [6.45, 7) is 4.44. The van der Waals surface area contributed by atoms with Gasteiger partial charge in [0.2, 0.25) is 15.9 Å². The molecule has 0 radical (unpaired) electrons. The van der Waals surface area contributed by atoms with Gasteiger partial charge >= 0.3 is 0 Å². The molecular weight excluding hydrogens is 458 g/mol. The van der Waals surface area contributed by atoms with Crippen molar-refractivity contribution in [3.05, 3.63) is 77.9 Å². The zero-order valence-corrected chi connectivity index (χ0v) is 20.8. The Balaban J connectivity index is 1.17. The van der Waals surface area contributed by atoms with E-state index < -0.39 is 10.0 Å². The van der Waals surface area contributed by atoms with Gasteiger partial charge in [-0.15, -0.1) is 0 Å². The van der Waals surface area contributed by atoms with E-state index in [9.17, 15) is 13.2 Å². The number of carbonyl (C=O) groups excluding carboxylic acids is 1. The minimum Gasteiger partial charge on any atom is -0.352 e. The van der Waals surface area contributed by atoms with Gasteiger partial charge in [-0.05, 0) is 72.8 Å². The van der Waals surface area contributed by atoms with Crippen LogP contribution in [-0.4, -0.2) is 49.7 Å². The van der Waals surface area contributed by atoms with E-state index >= 15 is 0 Å². The number of benzene rings is 3. The average Bonchev–Trinajstić information content (AvgIpc) is 3.41. The predicted octanol–water partition coefficient (Wildman–Crippen LogP) is 4.15. The number of nitrogens with zero attached hydrogens (tertiary/aromatic N) is 2. The molecule has 6 nitrogen and oxygen atoms in total. The van der Waals surface area contributed by atoms with Crippen molar-refractivity contribution in [2.24, 2.45) is 5.92 Å². The van der Waals surface area contributed by atoms with Crippen molar-refractivity contribution < 1.29 is 13.2 Å². The molecular formula is C28H33N3O3S. The number of nitrogens with one attached hydrogen (secondary N) is 1. The maximum atomic E-state index is 13.2. The summed E-state index contributed by atoms with van der Waals surface area (Å²) >= 11 is 0. The van der Waals surface area contributed by atoms with Gasteiger partial charge in [0.1, 0.15) is 0 Å². The van der Waals surface area contributed by atoms with Gasteiger partial charge in [-0.1, -0.05) is 54.6 Å². The molecule has 3 aromatic carbocycles. The summed E-state index contributed by atoms with van der Waals surface area (Å²) in [6.07, 6.45) is 3.59. The summed E-state index contributed by atoms with van der Waals surface area (Å²) in [7, 11) is -3.58. The lowest BCUT2D eigenvalue weighted by molar-refractivity contribution is -0.126. The minimum atomic E-state index is -3.58. The first kappa shape index (κ1) is 24.0. The second-order valence-electron chi connectivity index (χ2n) is 9.66. The third-order valence-corrected chi connectivity index (χ3v) is 9.24. The molecule has 2 heterocycles. The van der Waals surface area contributed by atoms with Crippen LogP contribution in [-0.2, 0) is 27.9 Å². The number of hydrogen-bond donors (Lipinski definition) is 1. The van der Waals surface area contributed by atoms with E-state index in [2.05, 4.69) is 28.4 Å². The molecule has 0 bridgehead atoms. The third kappa shape index (κ3) is 5.42. The average molecular weight is 492 g/mol. The molecule has 2 saturated heterocycles. The normalized spacial score (nSPS) is 18.2. The van der Waals surface area contributed by atoms with Crippen LogP contribution in [0.4, 0.5) is 0 Å². The monoisotopic (exact) mass is 491 g/mol. The molecule has 0 atom stereocenters. The molecule has 0 spiro atoms. The van der Waals surface area contributed by atoms with E-state index in [0.717, 1.165) is 36.0 Å². The zero-order chi connectivity index (χ0) is 24.3. The zero-order valence-electron chi connectivity index (χ0n) is 20.0. The second kappa shape index (κ2) is 10.5. The van der Waals surface area contributed by atoms with Crippen molar-refractivity contribution in [2.75, 3.05) is 26.2 Å². The van der Waals surface area contributed by atoms with Crippen LogP contribution >= 0.6 is 0 Å². The highest BCUT2D eigenvalue weighted by Crippen LogP contribution is 2.26. The molecule has 0 aliphatic carbocycles. The minimum absolute atomic E-state index is 0.0173. The SMILES string of the molecule is O=C(NCc1ccccc1CN1CCCC1)C1CCN(S(=O)(=O)c2ccc3ccccc3c2)CC1. The Morgan fingerprint density at radius 3 is 2.23 bits per heavy atom. The van der Waals surface area contributed by atoms with E-state index in [-0.39, 0.29) is 11.8 Å². The number of hydrogen-bond acceptors (Lipinski definition) is 4. The maximum Gasteiger partial charge on any atom is 0.243 e. The number of rotatable bonds is 7. The van der Waals surface area contributed by atoms with Gasteiger partial charge < -0.3 is 5.32 Å². The summed E-state index contributed by atoms with van der Waals surface area (Å²) < 4.78 is 28.0. The molecule has 2 aliphatic rings. The largest absolute Gasteiger partial charge is 0.352 e. The summed E-state index contributed by atoms with van der Waals surface area (Å²) in [5.41, 5.74) is 2.43. The van der Waals surface area contributed by atoms with Gasteiger partial charge in [-0.3, -0.25) is 9.69 Å². The number of sulfonamides is 1. The molecule has 1 amide bonds. The lowest BCUT2D eigenvalue weighted by atomic mass is 9.97. The van der Waals surface area contributed by atoms with Gasteiger partial charge in [0, 0.05) is 32.1 Å². The van der Waals surface area contributed by atoms with Crippen LogP contribution in [0.5, 0.6) is 0 Å². The number of piperidine rings is 1. The topological polar surface area (TPSA) is 69.7 Å². The summed E-state index contributed by atoms with van der Waals surface area (Å²) in [5.74, 6) is -0.146. The van der Waals surface area contributed by atoms with Gasteiger partial charge in [0.15, 0.2) is 0 Å². The van der Waals surface area contributed by atoms with E-state index in [0.29, 0.717) is 37.4 Å². The van der Waals surface area contributed by atoms with Crippen LogP contribution in [0.3, 0.4) is 0 Å². The Kier molecular flexibility index (Phi) is 7.18. The molecule has 3 aromatic rings. The van der Waals surface area contributed by atoms with Crippen LogP contribution in [0.15, 0.2) is 71.6 Å². The van der Waals surface area contributed by atoms with E-state index in [1.165, 1.54) is 22.7 Å². The lowest BCUT2D eigenvalue weighted by Gasteiger charge is -2.30. The van der Waals surface area contributed by atoms with Crippen LogP contribution in [0.2, 0.25) is 0 Å². The molecule has 184 valence electrons. The van der Waals surface area contributed by atoms with E-state index in [1.807, 2.05) is 36.4 Å². The second-order valence-corrected chi connectivity index (χ2v) is 11.6. The van der Waals surface area contributed by atoms with Crippen LogP contribution in [0.1, 0.15) is 36.8 Å². The fraction of sp³-hybridized carbons (Fsp3) is 0.393. The highest BCUT2D eigenvalue weighted by molar-refractivity contribution is 7.89. The fourth-order valence-electron chi connectivity index (χ4n) is 5.23. The van der Waals surface area contributed by atoms with Gasteiger partial charge in [-0.25, -0.2) is 8.42 Å². The lowest BCUT2D eigenvalue weighted by Crippen LogP contribution is -2.42. The highest BCUT2D eigenvalue weighted by atomic mass is 32.2. The first-order chi connectivity index (χ1) is 17.0. The molecule has 0 saturated carbocycles. The number of likely N-dealkylation sites (tertiary alicyclic amines) is 1. The van der Waals surface area contributed by atoms with Gasteiger partial charge in [-0.2, -0.15) is 4.31 Å². The molecule has 5 rings (SSSR count). The molecule has 0 unspecified atom stereocenters. The van der Waals surface area contributed by atoms with Gasteiger partial charge in [0.25, 0.3) is 0 Å². The highest BCUT2D eigenvalue weighted by Gasteiger charge is 2.32. The summed E-state index contributed by atoms with van der Waals surface area (Å²) in [6, 6.07) is 21.3. The molecule has 0 aromatic heterocycles. The number of amides is 1. The van der Waals surface area contributed by atoms with Crippen molar-refractivity contribution in [1.82, 2.24) is 14.5 Å². The van der Waals surface area contributed by atoms with Crippen LogP contribution in [0.25, 0.3) is 10.8 Å². The molecule has 2 aliphatic heterocycles. The Morgan fingerprint density at radius 1 is 0.829 bits per heavy atom. The quantitative estimate of drug-likeness (QED) is 0.539. The van der Waals surface area contributed by atoms with Gasteiger partial charge in [0.05, 0.1) is 4.90 Å². The third-order valence-electron chi connectivity index (χ3n) is 7.35. The van der Waals surface area contributed by atoms with E-state index in [1.54, 1.807) is 12.1 Å². The Morgan fingerprint density at radius 2 is 1.49 bits per heavy atom. The van der Waals surface area contributed by atoms with Crippen molar-refractivity contribution >= 4 is 26.7 Å². The van der Waals surface area contributed by atoms with Crippen molar-refractivity contribution in [1.29, 1.82) is 0 Å². The Hall–Kier alpha value is -2.74. The van der Waals surface area contributed by atoms with Crippen LogP contribution in [0, 0.1) is 5.92 Å². The smallest absolute Gasteiger partial charge is 0.243 e. The number of fused-ring (bicyclic) bond motifs is 1. The Bertz CT molecular complexity index is 1290. The fourth-order valence-corrected chi connectivity index (χ4v) is 6.73. The van der Waals surface area contributed by atoms with Crippen LogP contribution < -0.4 is 5.32 Å². The van der Waals surface area contributed by atoms with Crippen molar-refractivity contribution in [3.63, 3.8) is 0 Å². The maximum absolute atomic E-state index is 13.2. The van der Waals surface area contributed by atoms with E-state index in [4.69, 9.17) is 0 Å². The summed E-state index contributed by atoms with van der Waals surface area (Å²) in [5, 5.41) is 5.04. The number of carbonyl (C=O) groups is 1. The molecule has 1 N–H and O–H groups in total. The molecule has 7 heteroatoms.